The van der Waals surface area contributed by atoms with E-state index in [0.717, 1.165) is 0 Å². The number of pyridine rings is 1. The molecule has 0 spiro atoms. The summed E-state index contributed by atoms with van der Waals surface area (Å²) in [4.78, 5) is 21.9. The molecule has 7 heteroatoms. The molecule has 4 rings (SSSR count). The van der Waals surface area contributed by atoms with E-state index in [1.165, 1.54) is 4.57 Å². The standard InChI is InChI=1S/C19H12Cl2N4O/c20-12-7-8-16-14(10-12)18(26)25(17-6-2-1-5-15(17)21)19(24-16)23-13-4-3-9-22-11-13/h1-11H,(H,23,24). The van der Waals surface area contributed by atoms with Crippen LogP contribution in [-0.4, -0.2) is 14.5 Å². The first-order valence-corrected chi connectivity index (χ1v) is 8.53. The van der Waals surface area contributed by atoms with Gasteiger partial charge in [-0.1, -0.05) is 35.3 Å². The van der Waals surface area contributed by atoms with Crippen molar-refractivity contribution < 1.29 is 0 Å². The molecule has 5 nitrogen and oxygen atoms in total. The van der Waals surface area contributed by atoms with E-state index >= 15 is 0 Å². The predicted octanol–water partition coefficient (Wildman–Crippen LogP) is 4.83. The molecule has 2 aromatic heterocycles. The number of anilines is 2. The number of hydrogen-bond donors (Lipinski definition) is 1. The zero-order chi connectivity index (χ0) is 18.1. The number of hydrogen-bond acceptors (Lipinski definition) is 4. The molecular formula is C19H12Cl2N4O. The predicted molar refractivity (Wildman–Crippen MR) is 105 cm³/mol. The van der Waals surface area contributed by atoms with Crippen LogP contribution in [0.4, 0.5) is 11.6 Å². The van der Waals surface area contributed by atoms with Crippen molar-refractivity contribution in [3.8, 4) is 5.69 Å². The Balaban J connectivity index is 2.02. The smallest absolute Gasteiger partial charge is 0.267 e. The number of para-hydroxylation sites is 1. The fraction of sp³-hybridized carbons (Fsp3) is 0. The van der Waals surface area contributed by atoms with E-state index in [9.17, 15) is 4.79 Å². The van der Waals surface area contributed by atoms with Crippen LogP contribution in [0.2, 0.25) is 10.0 Å². The van der Waals surface area contributed by atoms with E-state index in [1.807, 2.05) is 12.1 Å². The zero-order valence-corrected chi connectivity index (χ0v) is 14.9. The average molecular weight is 383 g/mol. The quantitative estimate of drug-likeness (QED) is 0.551. The first-order chi connectivity index (χ1) is 12.6. The van der Waals surface area contributed by atoms with Crippen LogP contribution in [0.25, 0.3) is 16.6 Å². The minimum absolute atomic E-state index is 0.267. The average Bonchev–Trinajstić information content (AvgIpc) is 2.65. The molecule has 2 heterocycles. The Hall–Kier alpha value is -2.89. The molecule has 0 radical (unpaired) electrons. The molecule has 2 aromatic carbocycles. The summed E-state index contributed by atoms with van der Waals surface area (Å²) < 4.78 is 1.44. The van der Waals surface area contributed by atoms with Crippen molar-refractivity contribution >= 4 is 45.7 Å². The number of fused-ring (bicyclic) bond motifs is 1. The number of aromatic nitrogens is 3. The van der Waals surface area contributed by atoms with Crippen molar-refractivity contribution in [2.45, 2.75) is 0 Å². The minimum Gasteiger partial charge on any atom is -0.324 e. The summed E-state index contributed by atoms with van der Waals surface area (Å²) in [5.41, 5.74) is 1.50. The molecule has 0 atom stereocenters. The van der Waals surface area contributed by atoms with Crippen LogP contribution in [0.15, 0.2) is 71.8 Å². The zero-order valence-electron chi connectivity index (χ0n) is 13.4. The molecule has 0 fully saturated rings. The topological polar surface area (TPSA) is 59.8 Å². The monoisotopic (exact) mass is 382 g/mol. The lowest BCUT2D eigenvalue weighted by Crippen LogP contribution is -2.23. The molecular weight excluding hydrogens is 371 g/mol. The van der Waals surface area contributed by atoms with E-state index in [4.69, 9.17) is 23.2 Å². The van der Waals surface area contributed by atoms with Crippen molar-refractivity contribution in [3.05, 3.63) is 87.4 Å². The van der Waals surface area contributed by atoms with Gasteiger partial charge in [0, 0.05) is 11.2 Å². The molecule has 0 aliphatic heterocycles. The molecule has 0 amide bonds. The molecule has 0 saturated heterocycles. The highest BCUT2D eigenvalue weighted by atomic mass is 35.5. The maximum Gasteiger partial charge on any atom is 0.267 e. The number of benzene rings is 2. The Bertz CT molecular complexity index is 1160. The van der Waals surface area contributed by atoms with Crippen molar-refractivity contribution in [2.75, 3.05) is 5.32 Å². The molecule has 0 bridgehead atoms. The Morgan fingerprint density at radius 1 is 1.00 bits per heavy atom. The molecule has 0 saturated carbocycles. The SMILES string of the molecule is O=c1c2cc(Cl)ccc2nc(Nc2cccnc2)n1-c1ccccc1Cl. The number of nitrogens with one attached hydrogen (secondary N) is 1. The van der Waals surface area contributed by atoms with E-state index in [0.29, 0.717) is 38.3 Å². The van der Waals surface area contributed by atoms with Crippen LogP contribution >= 0.6 is 23.2 Å². The van der Waals surface area contributed by atoms with Crippen LogP contribution < -0.4 is 10.9 Å². The van der Waals surface area contributed by atoms with Gasteiger partial charge in [0.2, 0.25) is 5.95 Å². The molecule has 26 heavy (non-hydrogen) atoms. The first kappa shape index (κ1) is 16.6. The van der Waals surface area contributed by atoms with E-state index in [-0.39, 0.29) is 5.56 Å². The summed E-state index contributed by atoms with van der Waals surface area (Å²) in [7, 11) is 0. The normalized spacial score (nSPS) is 10.8. The maximum absolute atomic E-state index is 13.2. The fourth-order valence-electron chi connectivity index (χ4n) is 2.66. The number of nitrogens with zero attached hydrogens (tertiary/aromatic N) is 3. The van der Waals surface area contributed by atoms with Gasteiger partial charge in [-0.05, 0) is 42.5 Å². The number of rotatable bonds is 3. The van der Waals surface area contributed by atoms with Crippen LogP contribution in [0.5, 0.6) is 0 Å². The second-order valence-corrected chi connectivity index (χ2v) is 6.40. The van der Waals surface area contributed by atoms with E-state index < -0.39 is 0 Å². The van der Waals surface area contributed by atoms with Crippen LogP contribution in [0.3, 0.4) is 0 Å². The third-order valence-corrected chi connectivity index (χ3v) is 4.40. The Kier molecular flexibility index (Phi) is 4.32. The molecule has 4 aromatic rings. The first-order valence-electron chi connectivity index (χ1n) is 7.78. The maximum atomic E-state index is 13.2. The summed E-state index contributed by atoms with van der Waals surface area (Å²) in [5, 5.41) is 4.46. The van der Waals surface area contributed by atoms with Gasteiger partial charge in [-0.3, -0.25) is 9.78 Å². The summed E-state index contributed by atoms with van der Waals surface area (Å²) in [6.07, 6.45) is 3.32. The summed E-state index contributed by atoms with van der Waals surface area (Å²) in [5.74, 6) is 0.339. The van der Waals surface area contributed by atoms with Gasteiger partial charge < -0.3 is 5.32 Å². The van der Waals surface area contributed by atoms with Crippen molar-refractivity contribution in [2.24, 2.45) is 0 Å². The summed E-state index contributed by atoms with van der Waals surface area (Å²) >= 11 is 12.4. The van der Waals surface area contributed by atoms with Gasteiger partial charge >= 0.3 is 0 Å². The molecule has 0 aliphatic rings. The second-order valence-electron chi connectivity index (χ2n) is 5.56. The number of halogens is 2. The van der Waals surface area contributed by atoms with Crippen LogP contribution in [0.1, 0.15) is 0 Å². The molecule has 0 aliphatic carbocycles. The van der Waals surface area contributed by atoms with Crippen molar-refractivity contribution in [1.82, 2.24) is 14.5 Å². The third kappa shape index (κ3) is 3.03. The van der Waals surface area contributed by atoms with Crippen molar-refractivity contribution in [1.29, 1.82) is 0 Å². The second kappa shape index (κ2) is 6.78. The third-order valence-electron chi connectivity index (χ3n) is 3.84. The van der Waals surface area contributed by atoms with Gasteiger partial charge in [0.25, 0.3) is 5.56 Å². The van der Waals surface area contributed by atoms with Gasteiger partial charge in [-0.15, -0.1) is 0 Å². The fourth-order valence-corrected chi connectivity index (χ4v) is 3.06. The Morgan fingerprint density at radius 3 is 2.62 bits per heavy atom. The summed E-state index contributed by atoms with van der Waals surface area (Å²) in [6.45, 7) is 0. The highest BCUT2D eigenvalue weighted by Crippen LogP contribution is 2.25. The van der Waals surface area contributed by atoms with Gasteiger partial charge in [0.15, 0.2) is 0 Å². The minimum atomic E-state index is -0.267. The van der Waals surface area contributed by atoms with E-state index in [1.54, 1.807) is 54.9 Å². The largest absolute Gasteiger partial charge is 0.324 e. The summed E-state index contributed by atoms with van der Waals surface area (Å²) in [6, 6.07) is 15.7. The molecule has 128 valence electrons. The van der Waals surface area contributed by atoms with Crippen molar-refractivity contribution in [3.63, 3.8) is 0 Å². The molecule has 0 unspecified atom stereocenters. The lowest BCUT2D eigenvalue weighted by Gasteiger charge is -2.16. The van der Waals surface area contributed by atoms with Gasteiger partial charge in [-0.25, -0.2) is 9.55 Å². The Morgan fingerprint density at radius 2 is 1.85 bits per heavy atom. The van der Waals surface area contributed by atoms with Gasteiger partial charge in [0.05, 0.1) is 33.5 Å². The highest BCUT2D eigenvalue weighted by molar-refractivity contribution is 6.32. The Labute approximate surface area is 158 Å². The van der Waals surface area contributed by atoms with Gasteiger partial charge in [-0.2, -0.15) is 0 Å². The molecule has 1 N–H and O–H groups in total. The lowest BCUT2D eigenvalue weighted by molar-refractivity contribution is 0.974. The highest BCUT2D eigenvalue weighted by Gasteiger charge is 2.15. The lowest BCUT2D eigenvalue weighted by atomic mass is 10.2. The van der Waals surface area contributed by atoms with Gasteiger partial charge in [0.1, 0.15) is 0 Å². The van der Waals surface area contributed by atoms with Crippen LogP contribution in [-0.2, 0) is 0 Å². The van der Waals surface area contributed by atoms with E-state index in [2.05, 4.69) is 15.3 Å². The van der Waals surface area contributed by atoms with Crippen LogP contribution in [0, 0.1) is 0 Å².